The third kappa shape index (κ3) is 4.59. The third-order valence-electron chi connectivity index (χ3n) is 5.52. The van der Waals surface area contributed by atoms with Crippen molar-refractivity contribution in [3.05, 3.63) is 44.7 Å². The van der Waals surface area contributed by atoms with Crippen LogP contribution in [0.5, 0.6) is 0 Å². The highest BCUT2D eigenvalue weighted by molar-refractivity contribution is 8.26. The standard InChI is InChI=1S/C22H27N5O3S2/c1-14(2)27-21(29)17(32-22(27)31)13-16-18(23-6-8-25-9-11-30-12-10-25)24-19-15(3)5-4-7-26(19)20(16)28/h4-5,7,13-14,23H,6,8-12H2,1-3H3/b17-13-. The van der Waals surface area contributed by atoms with Gasteiger partial charge in [-0.15, -0.1) is 0 Å². The van der Waals surface area contributed by atoms with Crippen molar-refractivity contribution < 1.29 is 9.53 Å². The van der Waals surface area contributed by atoms with Crippen LogP contribution in [0.2, 0.25) is 0 Å². The summed E-state index contributed by atoms with van der Waals surface area (Å²) in [5.41, 5.74) is 1.64. The number of aryl methyl sites for hydroxylation is 1. The first kappa shape index (κ1) is 22.9. The van der Waals surface area contributed by atoms with Crippen molar-refractivity contribution >= 4 is 51.7 Å². The highest BCUT2D eigenvalue weighted by atomic mass is 32.2. The van der Waals surface area contributed by atoms with Crippen LogP contribution in [0.25, 0.3) is 11.7 Å². The second kappa shape index (κ2) is 9.70. The summed E-state index contributed by atoms with van der Waals surface area (Å²) >= 11 is 6.61. The van der Waals surface area contributed by atoms with Crippen LogP contribution >= 0.6 is 24.0 Å². The number of hydrogen-bond donors (Lipinski definition) is 1. The maximum Gasteiger partial charge on any atom is 0.267 e. The van der Waals surface area contributed by atoms with Gasteiger partial charge < -0.3 is 10.1 Å². The van der Waals surface area contributed by atoms with Crippen LogP contribution in [0, 0.1) is 6.92 Å². The summed E-state index contributed by atoms with van der Waals surface area (Å²) in [6.07, 6.45) is 3.33. The Bertz CT molecular complexity index is 1140. The van der Waals surface area contributed by atoms with Gasteiger partial charge >= 0.3 is 0 Å². The summed E-state index contributed by atoms with van der Waals surface area (Å²) < 4.78 is 7.43. The van der Waals surface area contributed by atoms with E-state index >= 15 is 0 Å². The van der Waals surface area contributed by atoms with Crippen molar-refractivity contribution in [1.29, 1.82) is 0 Å². The van der Waals surface area contributed by atoms with Gasteiger partial charge in [-0.1, -0.05) is 30.0 Å². The fourth-order valence-electron chi connectivity index (χ4n) is 3.79. The monoisotopic (exact) mass is 473 g/mol. The fourth-order valence-corrected chi connectivity index (χ4v) is 5.30. The number of thiocarbonyl (C=S) groups is 1. The van der Waals surface area contributed by atoms with Crippen molar-refractivity contribution in [2.75, 3.05) is 44.7 Å². The van der Waals surface area contributed by atoms with Crippen molar-refractivity contribution in [1.82, 2.24) is 19.2 Å². The first-order valence-electron chi connectivity index (χ1n) is 10.7. The molecule has 1 N–H and O–H groups in total. The highest BCUT2D eigenvalue weighted by Gasteiger charge is 2.34. The Kier molecular flexibility index (Phi) is 6.94. The summed E-state index contributed by atoms with van der Waals surface area (Å²) in [5.74, 6) is 0.301. The van der Waals surface area contributed by atoms with Gasteiger partial charge in [0, 0.05) is 38.4 Å². The lowest BCUT2D eigenvalue weighted by Gasteiger charge is -2.26. The number of nitrogens with zero attached hydrogens (tertiary/aromatic N) is 4. The predicted octanol–water partition coefficient (Wildman–Crippen LogP) is 2.36. The molecule has 0 aromatic carbocycles. The number of morpholine rings is 1. The molecule has 0 aliphatic carbocycles. The van der Waals surface area contributed by atoms with E-state index in [2.05, 4.69) is 10.2 Å². The topological polar surface area (TPSA) is 79.2 Å². The quantitative estimate of drug-likeness (QED) is 0.506. The first-order chi connectivity index (χ1) is 15.4. The number of hydrogen-bond acceptors (Lipinski definition) is 8. The summed E-state index contributed by atoms with van der Waals surface area (Å²) in [7, 11) is 0. The second-order valence-electron chi connectivity index (χ2n) is 8.09. The largest absolute Gasteiger partial charge is 0.379 e. The van der Waals surface area contributed by atoms with Gasteiger partial charge in [-0.25, -0.2) is 4.98 Å². The SMILES string of the molecule is Cc1cccn2c(=O)c(/C=C3\SC(=S)N(C(C)C)C3=O)c(NCCN3CCOCC3)nc12. The number of thioether (sulfide) groups is 1. The van der Waals surface area contributed by atoms with Crippen molar-refractivity contribution in [2.45, 2.75) is 26.8 Å². The van der Waals surface area contributed by atoms with Gasteiger partial charge in [0.2, 0.25) is 0 Å². The molecule has 8 nitrogen and oxygen atoms in total. The molecule has 4 rings (SSSR count). The van der Waals surface area contributed by atoms with Crippen molar-refractivity contribution in [3.8, 4) is 0 Å². The number of rotatable bonds is 6. The van der Waals surface area contributed by atoms with E-state index in [1.54, 1.807) is 17.2 Å². The number of ether oxygens (including phenoxy) is 1. The second-order valence-corrected chi connectivity index (χ2v) is 9.77. The number of aromatic nitrogens is 2. The fraction of sp³-hybridized carbons (Fsp3) is 0.455. The van der Waals surface area contributed by atoms with Crippen LogP contribution in [0.15, 0.2) is 28.0 Å². The zero-order valence-corrected chi connectivity index (χ0v) is 20.1. The third-order valence-corrected chi connectivity index (χ3v) is 6.85. The Morgan fingerprint density at radius 2 is 2.06 bits per heavy atom. The smallest absolute Gasteiger partial charge is 0.267 e. The Morgan fingerprint density at radius 1 is 1.31 bits per heavy atom. The Labute approximate surface area is 196 Å². The van der Waals surface area contributed by atoms with E-state index in [0.29, 0.717) is 32.8 Å². The molecule has 0 atom stereocenters. The van der Waals surface area contributed by atoms with Crippen LogP contribution < -0.4 is 10.9 Å². The molecule has 2 aliphatic rings. The van der Waals surface area contributed by atoms with Crippen LogP contribution in [-0.2, 0) is 9.53 Å². The van der Waals surface area contributed by atoms with Crippen LogP contribution in [0.3, 0.4) is 0 Å². The van der Waals surface area contributed by atoms with Crippen molar-refractivity contribution in [3.63, 3.8) is 0 Å². The lowest BCUT2D eigenvalue weighted by Crippen LogP contribution is -2.39. The molecule has 170 valence electrons. The van der Waals surface area contributed by atoms with E-state index in [1.807, 2.05) is 32.9 Å². The van der Waals surface area contributed by atoms with Crippen molar-refractivity contribution in [2.24, 2.45) is 0 Å². The lowest BCUT2D eigenvalue weighted by atomic mass is 10.2. The normalized spacial score (nSPS) is 19.0. The molecular weight excluding hydrogens is 446 g/mol. The summed E-state index contributed by atoms with van der Waals surface area (Å²) in [6.45, 7) is 10.4. The Hall–Kier alpha value is -2.27. The van der Waals surface area contributed by atoms with E-state index in [0.717, 1.165) is 38.4 Å². The van der Waals surface area contributed by atoms with Crippen LogP contribution in [0.4, 0.5) is 5.82 Å². The van der Waals surface area contributed by atoms with Gasteiger partial charge in [0.1, 0.15) is 15.8 Å². The number of fused-ring (bicyclic) bond motifs is 1. The maximum atomic E-state index is 13.4. The summed E-state index contributed by atoms with van der Waals surface area (Å²) in [6, 6.07) is 3.70. The van der Waals surface area contributed by atoms with E-state index < -0.39 is 0 Å². The van der Waals surface area contributed by atoms with Gasteiger partial charge in [0.15, 0.2) is 0 Å². The van der Waals surface area contributed by atoms with Gasteiger partial charge in [-0.05, 0) is 38.5 Å². The van der Waals surface area contributed by atoms with Gasteiger partial charge in [-0.2, -0.15) is 0 Å². The molecule has 0 radical (unpaired) electrons. The van der Waals surface area contributed by atoms with Gasteiger partial charge in [0.25, 0.3) is 11.5 Å². The molecule has 2 fully saturated rings. The van der Waals surface area contributed by atoms with E-state index in [9.17, 15) is 9.59 Å². The average molecular weight is 474 g/mol. The molecule has 0 saturated carbocycles. The molecule has 0 unspecified atom stereocenters. The minimum atomic E-state index is -0.220. The average Bonchev–Trinajstić information content (AvgIpc) is 3.05. The number of carbonyl (C=O) groups excluding carboxylic acids is 1. The molecule has 0 bridgehead atoms. The number of carbonyl (C=O) groups is 1. The minimum Gasteiger partial charge on any atom is -0.379 e. The first-order valence-corrected chi connectivity index (χ1v) is 11.9. The van der Waals surface area contributed by atoms with Crippen LogP contribution in [-0.4, -0.2) is 74.8 Å². The number of anilines is 1. The Balaban J connectivity index is 1.70. The van der Waals surface area contributed by atoms with E-state index in [1.165, 1.54) is 16.2 Å². The number of nitrogens with one attached hydrogen (secondary N) is 1. The summed E-state index contributed by atoms with van der Waals surface area (Å²) in [4.78, 5) is 35.4. The molecule has 32 heavy (non-hydrogen) atoms. The van der Waals surface area contributed by atoms with Gasteiger partial charge in [-0.3, -0.25) is 23.8 Å². The van der Waals surface area contributed by atoms with Crippen LogP contribution in [0.1, 0.15) is 25.0 Å². The summed E-state index contributed by atoms with van der Waals surface area (Å²) in [5, 5.41) is 3.34. The van der Waals surface area contributed by atoms with E-state index in [-0.39, 0.29) is 17.5 Å². The zero-order chi connectivity index (χ0) is 22.8. The maximum absolute atomic E-state index is 13.4. The van der Waals surface area contributed by atoms with Gasteiger partial charge in [0.05, 0.1) is 23.7 Å². The predicted molar refractivity (Wildman–Crippen MR) is 132 cm³/mol. The molecule has 2 aromatic heterocycles. The molecule has 4 heterocycles. The molecule has 10 heteroatoms. The van der Waals surface area contributed by atoms with E-state index in [4.69, 9.17) is 21.9 Å². The minimum absolute atomic E-state index is 0.0435. The molecule has 2 aliphatic heterocycles. The molecule has 2 aromatic rings. The number of amides is 1. The molecule has 0 spiro atoms. The Morgan fingerprint density at radius 3 is 2.75 bits per heavy atom. The highest BCUT2D eigenvalue weighted by Crippen LogP contribution is 2.34. The molecular formula is C22H27N5O3S2. The molecule has 2 saturated heterocycles. The lowest BCUT2D eigenvalue weighted by molar-refractivity contribution is -0.123. The number of pyridine rings is 1. The molecule has 1 amide bonds. The zero-order valence-electron chi connectivity index (χ0n) is 18.5.